The van der Waals surface area contributed by atoms with Crippen molar-refractivity contribution in [3.63, 3.8) is 0 Å². The Hall–Kier alpha value is -1.74. The van der Waals surface area contributed by atoms with Gasteiger partial charge < -0.3 is 5.32 Å². The number of rotatable bonds is 7. The van der Waals surface area contributed by atoms with E-state index in [1.165, 1.54) is 11.1 Å². The quantitative estimate of drug-likeness (QED) is 0.580. The summed E-state index contributed by atoms with van der Waals surface area (Å²) in [6, 6.07) is 13.8. The van der Waals surface area contributed by atoms with Gasteiger partial charge in [-0.2, -0.15) is 0 Å². The molecular formula is C24H33F2N. The third-order valence-corrected chi connectivity index (χ3v) is 5.19. The van der Waals surface area contributed by atoms with E-state index in [1.807, 2.05) is 25.1 Å². The molecule has 0 aliphatic heterocycles. The van der Waals surface area contributed by atoms with Gasteiger partial charge in [-0.15, -0.1) is 0 Å². The van der Waals surface area contributed by atoms with Gasteiger partial charge in [0.1, 0.15) is 0 Å². The number of nitrogens with one attached hydrogen (secondary N) is 1. The van der Waals surface area contributed by atoms with Gasteiger partial charge in [0.05, 0.1) is 0 Å². The molecule has 2 aromatic carbocycles. The van der Waals surface area contributed by atoms with Gasteiger partial charge in [0.2, 0.25) is 0 Å². The lowest BCUT2D eigenvalue weighted by molar-refractivity contribution is 0.0162. The van der Waals surface area contributed by atoms with Crippen LogP contribution in [0.3, 0.4) is 0 Å². The zero-order valence-corrected chi connectivity index (χ0v) is 17.5. The SMILES string of the molecule is CCc1ccccc1CNCC(C)c1cc(C(C)(C)C)ccc1C(C)(F)F. The Morgan fingerprint density at radius 2 is 1.59 bits per heavy atom. The maximum Gasteiger partial charge on any atom is 0.270 e. The Balaban J connectivity index is 2.19. The Bertz CT molecular complexity index is 754. The lowest BCUT2D eigenvalue weighted by atomic mass is 9.82. The summed E-state index contributed by atoms with van der Waals surface area (Å²) >= 11 is 0. The molecule has 27 heavy (non-hydrogen) atoms. The second-order valence-corrected chi connectivity index (χ2v) is 8.59. The van der Waals surface area contributed by atoms with Gasteiger partial charge in [-0.25, -0.2) is 8.78 Å². The number of aryl methyl sites for hydroxylation is 1. The van der Waals surface area contributed by atoms with Gasteiger partial charge in [0.25, 0.3) is 5.92 Å². The number of hydrogen-bond donors (Lipinski definition) is 1. The van der Waals surface area contributed by atoms with Crippen molar-refractivity contribution < 1.29 is 8.78 Å². The van der Waals surface area contributed by atoms with Crippen molar-refractivity contribution in [2.75, 3.05) is 6.54 Å². The number of benzene rings is 2. The molecule has 0 aliphatic rings. The summed E-state index contributed by atoms with van der Waals surface area (Å²) < 4.78 is 28.3. The molecule has 3 heteroatoms. The normalized spacial score (nSPS) is 13.6. The van der Waals surface area contributed by atoms with Crippen LogP contribution in [0.5, 0.6) is 0 Å². The minimum atomic E-state index is -2.84. The zero-order chi connectivity index (χ0) is 20.2. The van der Waals surface area contributed by atoms with Crippen LogP contribution in [0.25, 0.3) is 0 Å². The van der Waals surface area contributed by atoms with Crippen LogP contribution in [-0.2, 0) is 24.3 Å². The van der Waals surface area contributed by atoms with Crippen molar-refractivity contribution in [3.8, 4) is 0 Å². The molecule has 0 bridgehead atoms. The molecule has 2 aromatic rings. The maximum absolute atomic E-state index is 14.2. The summed E-state index contributed by atoms with van der Waals surface area (Å²) in [6.45, 7) is 12.9. The molecule has 148 valence electrons. The van der Waals surface area contributed by atoms with Crippen LogP contribution in [0, 0.1) is 0 Å². The summed E-state index contributed by atoms with van der Waals surface area (Å²) in [5, 5.41) is 3.47. The molecule has 1 nitrogen and oxygen atoms in total. The second kappa shape index (κ2) is 8.52. The van der Waals surface area contributed by atoms with Gasteiger partial charge in [-0.1, -0.05) is 77.1 Å². The lowest BCUT2D eigenvalue weighted by Gasteiger charge is -2.26. The van der Waals surface area contributed by atoms with Crippen molar-refractivity contribution in [3.05, 3.63) is 70.3 Å². The molecule has 0 saturated heterocycles. The molecule has 0 radical (unpaired) electrons. The van der Waals surface area contributed by atoms with E-state index >= 15 is 0 Å². The summed E-state index contributed by atoms with van der Waals surface area (Å²) in [4.78, 5) is 0. The van der Waals surface area contributed by atoms with E-state index < -0.39 is 5.92 Å². The molecule has 0 spiro atoms. The maximum atomic E-state index is 14.2. The third kappa shape index (κ3) is 5.62. The molecule has 0 aliphatic carbocycles. The number of alkyl halides is 2. The minimum Gasteiger partial charge on any atom is -0.312 e. The topological polar surface area (TPSA) is 12.0 Å². The van der Waals surface area contributed by atoms with Crippen LogP contribution in [0.2, 0.25) is 0 Å². The minimum absolute atomic E-state index is 0.00177. The van der Waals surface area contributed by atoms with Crippen molar-refractivity contribution >= 4 is 0 Å². The van der Waals surface area contributed by atoms with Crippen molar-refractivity contribution in [2.45, 2.75) is 71.8 Å². The van der Waals surface area contributed by atoms with Crippen LogP contribution < -0.4 is 5.32 Å². The fraction of sp³-hybridized carbons (Fsp3) is 0.500. The smallest absolute Gasteiger partial charge is 0.270 e. The summed E-state index contributed by atoms with van der Waals surface area (Å²) in [6.07, 6.45) is 0.993. The van der Waals surface area contributed by atoms with Gasteiger partial charge in [-0.3, -0.25) is 0 Å². The van der Waals surface area contributed by atoms with Gasteiger partial charge in [0.15, 0.2) is 0 Å². The predicted molar refractivity (Wildman–Crippen MR) is 111 cm³/mol. The largest absolute Gasteiger partial charge is 0.312 e. The van der Waals surface area contributed by atoms with Crippen LogP contribution in [-0.4, -0.2) is 6.54 Å². The fourth-order valence-corrected chi connectivity index (χ4v) is 3.44. The van der Waals surface area contributed by atoms with E-state index in [9.17, 15) is 8.78 Å². The Morgan fingerprint density at radius 3 is 2.15 bits per heavy atom. The molecule has 1 atom stereocenters. The molecule has 0 saturated carbocycles. The van der Waals surface area contributed by atoms with E-state index in [0.29, 0.717) is 6.54 Å². The molecule has 0 fully saturated rings. The Labute approximate surface area is 163 Å². The Morgan fingerprint density at radius 1 is 0.963 bits per heavy atom. The first-order valence-corrected chi connectivity index (χ1v) is 9.84. The van der Waals surface area contributed by atoms with Crippen molar-refractivity contribution in [2.24, 2.45) is 0 Å². The molecule has 0 heterocycles. The van der Waals surface area contributed by atoms with Crippen LogP contribution in [0.15, 0.2) is 42.5 Å². The highest BCUT2D eigenvalue weighted by Crippen LogP contribution is 2.36. The van der Waals surface area contributed by atoms with E-state index in [0.717, 1.165) is 31.0 Å². The van der Waals surface area contributed by atoms with Crippen LogP contribution in [0.4, 0.5) is 8.78 Å². The standard InChI is InChI=1S/C24H33F2N/c1-7-18-10-8-9-11-19(18)16-27-15-17(2)21-14-20(23(3,4)5)12-13-22(21)24(6,25)26/h8-14,17,27H,7,15-16H2,1-6H3. The highest BCUT2D eigenvalue weighted by molar-refractivity contribution is 5.39. The van der Waals surface area contributed by atoms with E-state index in [2.05, 4.69) is 51.2 Å². The molecule has 1 N–H and O–H groups in total. The average molecular weight is 374 g/mol. The van der Waals surface area contributed by atoms with Crippen molar-refractivity contribution in [1.82, 2.24) is 5.32 Å². The number of hydrogen-bond acceptors (Lipinski definition) is 1. The average Bonchev–Trinajstić information content (AvgIpc) is 2.60. The zero-order valence-electron chi connectivity index (χ0n) is 17.5. The van der Waals surface area contributed by atoms with E-state index in [-0.39, 0.29) is 16.9 Å². The molecule has 0 aromatic heterocycles. The Kier molecular flexibility index (Phi) is 6.80. The van der Waals surface area contributed by atoms with Crippen LogP contribution in [0.1, 0.15) is 75.3 Å². The summed E-state index contributed by atoms with van der Waals surface area (Å²) in [5.41, 5.74) is 4.51. The first-order valence-electron chi connectivity index (χ1n) is 9.84. The first-order chi connectivity index (χ1) is 12.5. The lowest BCUT2D eigenvalue weighted by Crippen LogP contribution is -2.23. The third-order valence-electron chi connectivity index (χ3n) is 5.19. The molecular weight excluding hydrogens is 340 g/mol. The monoisotopic (exact) mass is 373 g/mol. The second-order valence-electron chi connectivity index (χ2n) is 8.59. The van der Waals surface area contributed by atoms with Crippen molar-refractivity contribution in [1.29, 1.82) is 0 Å². The number of halogens is 2. The van der Waals surface area contributed by atoms with E-state index in [1.54, 1.807) is 6.07 Å². The molecule has 1 unspecified atom stereocenters. The van der Waals surface area contributed by atoms with Gasteiger partial charge >= 0.3 is 0 Å². The van der Waals surface area contributed by atoms with E-state index in [4.69, 9.17) is 0 Å². The summed E-state index contributed by atoms with van der Waals surface area (Å²) in [7, 11) is 0. The van der Waals surface area contributed by atoms with Gasteiger partial charge in [0, 0.05) is 25.6 Å². The summed E-state index contributed by atoms with van der Waals surface area (Å²) in [5.74, 6) is -2.84. The fourth-order valence-electron chi connectivity index (χ4n) is 3.44. The molecule has 2 rings (SSSR count). The highest BCUT2D eigenvalue weighted by Gasteiger charge is 2.30. The van der Waals surface area contributed by atoms with Crippen LogP contribution >= 0.6 is 0 Å². The first kappa shape index (κ1) is 21.6. The predicted octanol–water partition coefficient (Wildman–Crippen LogP) is 6.55. The van der Waals surface area contributed by atoms with Gasteiger partial charge in [-0.05, 0) is 40.0 Å². The molecule has 0 amide bonds. The highest BCUT2D eigenvalue weighted by atomic mass is 19.3.